The number of rotatable bonds is 3. The summed E-state index contributed by atoms with van der Waals surface area (Å²) in [5.41, 5.74) is 0. The van der Waals surface area contributed by atoms with Gasteiger partial charge >= 0.3 is 0 Å². The van der Waals surface area contributed by atoms with Crippen molar-refractivity contribution in [3.05, 3.63) is 30.3 Å². The highest BCUT2D eigenvalue weighted by molar-refractivity contribution is 7.89. The smallest absolute Gasteiger partial charge is 0.253 e. The van der Waals surface area contributed by atoms with E-state index in [2.05, 4.69) is 4.40 Å². The van der Waals surface area contributed by atoms with Crippen LogP contribution in [0.15, 0.2) is 34.7 Å². The fourth-order valence-electron chi connectivity index (χ4n) is 0.660. The Balaban J connectivity index is 2.59. The number of para-hydroxylation sites is 1. The molecule has 70 valence electrons. The van der Waals surface area contributed by atoms with Crippen LogP contribution in [-0.4, -0.2) is 21.1 Å². The van der Waals surface area contributed by atoms with Crippen LogP contribution in [0.1, 0.15) is 0 Å². The molecule has 4 nitrogen and oxygen atoms in total. The van der Waals surface area contributed by atoms with Crippen LogP contribution < -0.4 is 4.74 Å². The zero-order valence-corrected chi connectivity index (χ0v) is 7.86. The molecule has 0 radical (unpaired) electrons. The van der Waals surface area contributed by atoms with Gasteiger partial charge in [0.2, 0.25) is 0 Å². The maximum absolute atomic E-state index is 10.5. The quantitative estimate of drug-likeness (QED) is 0.540. The van der Waals surface area contributed by atoms with E-state index in [0.29, 0.717) is 5.75 Å². The van der Waals surface area contributed by atoms with Crippen molar-refractivity contribution < 1.29 is 13.2 Å². The zero-order chi connectivity index (χ0) is 9.73. The highest BCUT2D eigenvalue weighted by Crippen LogP contribution is 2.06. The van der Waals surface area contributed by atoms with E-state index in [1.165, 1.54) is 0 Å². The molecule has 0 heterocycles. The van der Waals surface area contributed by atoms with E-state index in [-0.39, 0.29) is 0 Å². The third-order valence-corrected chi connectivity index (χ3v) is 1.64. The van der Waals surface area contributed by atoms with Gasteiger partial charge in [-0.3, -0.25) is 0 Å². The van der Waals surface area contributed by atoms with Gasteiger partial charge < -0.3 is 4.74 Å². The molecular formula is C8H9NO3S. The molecule has 0 aliphatic rings. The minimum absolute atomic E-state index is 0.551. The van der Waals surface area contributed by atoms with Crippen LogP contribution in [0.25, 0.3) is 0 Å². The average molecular weight is 199 g/mol. The van der Waals surface area contributed by atoms with E-state index in [0.717, 1.165) is 12.7 Å². The second-order valence-electron chi connectivity index (χ2n) is 2.37. The van der Waals surface area contributed by atoms with Gasteiger partial charge in [0.05, 0.1) is 6.26 Å². The molecular weight excluding hydrogens is 190 g/mol. The summed E-state index contributed by atoms with van der Waals surface area (Å²) in [6.07, 6.45) is 1.91. The first-order valence-electron chi connectivity index (χ1n) is 3.53. The van der Waals surface area contributed by atoms with Gasteiger partial charge in [-0.1, -0.05) is 18.2 Å². The molecule has 1 aromatic rings. The predicted molar refractivity (Wildman–Crippen MR) is 50.4 cm³/mol. The molecule has 0 aromatic heterocycles. The molecule has 0 amide bonds. The first-order valence-corrected chi connectivity index (χ1v) is 5.38. The SMILES string of the molecule is CS(=O)(=O)/N=C/Oc1ccccc1. The van der Waals surface area contributed by atoms with E-state index in [9.17, 15) is 8.42 Å². The topological polar surface area (TPSA) is 55.7 Å². The van der Waals surface area contributed by atoms with Gasteiger partial charge in [-0.25, -0.2) is 8.42 Å². The normalized spacial score (nSPS) is 11.8. The van der Waals surface area contributed by atoms with Gasteiger partial charge in [0.25, 0.3) is 10.0 Å². The molecule has 0 aliphatic heterocycles. The van der Waals surface area contributed by atoms with E-state index in [1.54, 1.807) is 24.3 Å². The maximum atomic E-state index is 10.5. The Kier molecular flexibility index (Phi) is 3.02. The summed E-state index contributed by atoms with van der Waals surface area (Å²) in [5.74, 6) is 0.551. The largest absolute Gasteiger partial charge is 0.445 e. The Hall–Kier alpha value is -1.36. The fourth-order valence-corrected chi connectivity index (χ4v) is 0.859. The van der Waals surface area contributed by atoms with Gasteiger partial charge in [0, 0.05) is 0 Å². The summed E-state index contributed by atoms with van der Waals surface area (Å²) >= 11 is 0. The van der Waals surface area contributed by atoms with E-state index in [1.807, 2.05) is 6.07 Å². The molecule has 0 saturated carbocycles. The standard InChI is InChI=1S/C8H9NO3S/c1-13(10,11)9-7-12-8-5-3-2-4-6-8/h2-7H,1H3/b9-7+. The summed E-state index contributed by atoms with van der Waals surface area (Å²) in [4.78, 5) is 0. The second kappa shape index (κ2) is 4.04. The van der Waals surface area contributed by atoms with Gasteiger partial charge in [-0.05, 0) is 12.1 Å². The van der Waals surface area contributed by atoms with Crippen molar-refractivity contribution in [1.82, 2.24) is 0 Å². The molecule has 0 saturated heterocycles. The molecule has 0 aliphatic carbocycles. The number of hydrogen-bond acceptors (Lipinski definition) is 3. The highest BCUT2D eigenvalue weighted by Gasteiger charge is 1.93. The van der Waals surface area contributed by atoms with Crippen molar-refractivity contribution in [3.8, 4) is 5.75 Å². The summed E-state index contributed by atoms with van der Waals surface area (Å²) in [6.45, 7) is 0. The van der Waals surface area contributed by atoms with Crippen LogP contribution >= 0.6 is 0 Å². The first kappa shape index (κ1) is 9.73. The first-order chi connectivity index (χ1) is 6.08. The molecule has 0 fully saturated rings. The van der Waals surface area contributed by atoms with Crippen molar-refractivity contribution in [2.45, 2.75) is 0 Å². The number of hydrogen-bond donors (Lipinski definition) is 0. The Bertz CT molecular complexity index is 383. The summed E-state index contributed by atoms with van der Waals surface area (Å²) in [5, 5.41) is 0. The van der Waals surface area contributed by atoms with E-state index < -0.39 is 10.0 Å². The summed E-state index contributed by atoms with van der Waals surface area (Å²) < 4.78 is 29.2. The number of sulfonamides is 1. The van der Waals surface area contributed by atoms with Crippen molar-refractivity contribution >= 4 is 16.4 Å². The van der Waals surface area contributed by atoms with Gasteiger partial charge in [-0.2, -0.15) is 0 Å². The lowest BCUT2D eigenvalue weighted by Gasteiger charge is -1.96. The summed E-state index contributed by atoms with van der Waals surface area (Å²) in [6, 6.07) is 8.80. The molecule has 1 aromatic carbocycles. The summed E-state index contributed by atoms with van der Waals surface area (Å²) in [7, 11) is -3.35. The third kappa shape index (κ3) is 4.27. The van der Waals surface area contributed by atoms with Crippen LogP contribution in [0.5, 0.6) is 5.75 Å². The van der Waals surface area contributed by atoms with Crippen LogP contribution in [0.3, 0.4) is 0 Å². The lowest BCUT2D eigenvalue weighted by molar-refractivity contribution is 0.571. The molecule has 13 heavy (non-hydrogen) atoms. The lowest BCUT2D eigenvalue weighted by atomic mass is 10.3. The number of ether oxygens (including phenoxy) is 1. The van der Waals surface area contributed by atoms with E-state index in [4.69, 9.17) is 4.74 Å². The van der Waals surface area contributed by atoms with Crippen molar-refractivity contribution in [2.24, 2.45) is 4.40 Å². The highest BCUT2D eigenvalue weighted by atomic mass is 32.2. The molecule has 0 N–H and O–H groups in total. The monoisotopic (exact) mass is 199 g/mol. The van der Waals surface area contributed by atoms with E-state index >= 15 is 0 Å². The van der Waals surface area contributed by atoms with Crippen molar-refractivity contribution in [2.75, 3.05) is 6.26 Å². The van der Waals surface area contributed by atoms with Gasteiger partial charge in [0.1, 0.15) is 5.75 Å². The second-order valence-corrected chi connectivity index (χ2v) is 4.05. The van der Waals surface area contributed by atoms with Crippen molar-refractivity contribution in [1.29, 1.82) is 0 Å². The van der Waals surface area contributed by atoms with Gasteiger partial charge in [-0.15, -0.1) is 4.40 Å². The molecule has 5 heteroatoms. The molecule has 1 rings (SSSR count). The Morgan fingerprint density at radius 3 is 2.46 bits per heavy atom. The lowest BCUT2D eigenvalue weighted by Crippen LogP contribution is -1.95. The average Bonchev–Trinajstić information content (AvgIpc) is 2.04. The Morgan fingerprint density at radius 2 is 1.92 bits per heavy atom. The van der Waals surface area contributed by atoms with Crippen molar-refractivity contribution in [3.63, 3.8) is 0 Å². The fraction of sp³-hybridized carbons (Fsp3) is 0.125. The van der Waals surface area contributed by atoms with Crippen LogP contribution in [0.2, 0.25) is 0 Å². The minimum atomic E-state index is -3.35. The van der Waals surface area contributed by atoms with Crippen LogP contribution in [-0.2, 0) is 10.0 Å². The molecule has 0 unspecified atom stereocenters. The number of nitrogens with zero attached hydrogens (tertiary/aromatic N) is 1. The van der Waals surface area contributed by atoms with Gasteiger partial charge in [0.15, 0.2) is 6.40 Å². The Labute approximate surface area is 76.9 Å². The Morgan fingerprint density at radius 1 is 1.31 bits per heavy atom. The molecule has 0 atom stereocenters. The minimum Gasteiger partial charge on any atom is -0.445 e. The molecule has 0 spiro atoms. The predicted octanol–water partition coefficient (Wildman–Crippen LogP) is 1.05. The molecule has 0 bridgehead atoms. The van der Waals surface area contributed by atoms with Crippen LogP contribution in [0.4, 0.5) is 0 Å². The zero-order valence-electron chi connectivity index (χ0n) is 7.04. The van der Waals surface area contributed by atoms with Crippen LogP contribution in [0, 0.1) is 0 Å². The maximum Gasteiger partial charge on any atom is 0.253 e. The third-order valence-electron chi connectivity index (χ3n) is 1.17. The number of benzene rings is 1.